The molecule has 0 bridgehead atoms. The zero-order chi connectivity index (χ0) is 17.4. The van der Waals surface area contributed by atoms with Crippen molar-refractivity contribution in [3.8, 4) is 11.3 Å². The van der Waals surface area contributed by atoms with Crippen LogP contribution in [0, 0.1) is 0 Å². The number of likely N-dealkylation sites (N-methyl/N-ethyl adjacent to an activating group) is 1. The van der Waals surface area contributed by atoms with Crippen molar-refractivity contribution in [1.82, 2.24) is 15.8 Å². The van der Waals surface area contributed by atoms with Crippen LogP contribution >= 0.6 is 11.6 Å². The molecule has 0 fully saturated rings. The molecule has 0 radical (unpaired) electrons. The molecule has 2 aromatic rings. The van der Waals surface area contributed by atoms with E-state index in [1.807, 2.05) is 18.2 Å². The van der Waals surface area contributed by atoms with E-state index in [-0.39, 0.29) is 12.5 Å². The molecule has 2 rings (SSSR count). The highest BCUT2D eigenvalue weighted by atomic mass is 35.5. The number of nitrogens with zero attached hydrogens (tertiary/aromatic N) is 1. The summed E-state index contributed by atoms with van der Waals surface area (Å²) in [6.45, 7) is 0.117. The van der Waals surface area contributed by atoms with Crippen LogP contribution in [0.4, 0.5) is 4.79 Å². The van der Waals surface area contributed by atoms with Gasteiger partial charge in [0.15, 0.2) is 12.4 Å². The SMILES string of the molecule is CNC(=O)COC(=O)NCCCc1cc(-c2ccc(Cl)cc2)on1. The number of rotatable bonds is 7. The second-order valence-electron chi connectivity index (χ2n) is 4.97. The third-order valence-electron chi connectivity index (χ3n) is 3.18. The van der Waals surface area contributed by atoms with Gasteiger partial charge in [0.25, 0.3) is 5.91 Å². The maximum atomic E-state index is 11.3. The topological polar surface area (TPSA) is 93.5 Å². The Morgan fingerprint density at radius 2 is 2.04 bits per heavy atom. The number of aryl methyl sites for hydroxylation is 1. The summed E-state index contributed by atoms with van der Waals surface area (Å²) in [6, 6.07) is 9.14. The van der Waals surface area contributed by atoms with Crippen molar-refractivity contribution in [1.29, 1.82) is 0 Å². The number of alkyl carbamates (subject to hydrolysis) is 1. The zero-order valence-electron chi connectivity index (χ0n) is 13.2. The first-order chi connectivity index (χ1) is 11.6. The summed E-state index contributed by atoms with van der Waals surface area (Å²) >= 11 is 5.85. The van der Waals surface area contributed by atoms with Gasteiger partial charge < -0.3 is 19.9 Å². The average Bonchev–Trinajstić information content (AvgIpc) is 3.06. The molecule has 0 aliphatic carbocycles. The fourth-order valence-electron chi connectivity index (χ4n) is 1.89. The number of carbonyl (C=O) groups is 2. The molecule has 1 heterocycles. The number of halogens is 1. The second kappa shape index (κ2) is 8.93. The lowest BCUT2D eigenvalue weighted by molar-refractivity contribution is -0.123. The standard InChI is InChI=1S/C16H18ClN3O4/c1-18-15(21)10-23-16(22)19-8-2-3-13-9-14(24-20-13)11-4-6-12(17)7-5-11/h4-7,9H,2-3,8,10H2,1H3,(H,18,21)(H,19,22). The number of carbonyl (C=O) groups excluding carboxylic acids is 2. The minimum absolute atomic E-state index is 0.296. The van der Waals surface area contributed by atoms with Crippen LogP contribution in [0.2, 0.25) is 5.02 Å². The predicted molar refractivity (Wildman–Crippen MR) is 88.7 cm³/mol. The highest BCUT2D eigenvalue weighted by Gasteiger charge is 2.08. The lowest BCUT2D eigenvalue weighted by atomic mass is 10.1. The van der Waals surface area contributed by atoms with E-state index >= 15 is 0 Å². The number of amides is 2. The Hall–Kier alpha value is -2.54. The third kappa shape index (κ3) is 5.58. The lowest BCUT2D eigenvalue weighted by Gasteiger charge is -2.05. The first-order valence-electron chi connectivity index (χ1n) is 7.41. The molecule has 0 saturated heterocycles. The maximum absolute atomic E-state index is 11.3. The molecule has 7 nitrogen and oxygen atoms in total. The molecule has 2 N–H and O–H groups in total. The largest absolute Gasteiger partial charge is 0.439 e. The van der Waals surface area contributed by atoms with E-state index in [2.05, 4.69) is 15.8 Å². The van der Waals surface area contributed by atoms with Crippen LogP contribution in [0.25, 0.3) is 11.3 Å². The van der Waals surface area contributed by atoms with Crippen molar-refractivity contribution in [3.63, 3.8) is 0 Å². The van der Waals surface area contributed by atoms with Crippen molar-refractivity contribution in [3.05, 3.63) is 41.0 Å². The summed E-state index contributed by atoms with van der Waals surface area (Å²) in [5.41, 5.74) is 1.69. The fourth-order valence-corrected chi connectivity index (χ4v) is 2.02. The fraction of sp³-hybridized carbons (Fsp3) is 0.312. The van der Waals surface area contributed by atoms with Gasteiger partial charge in [-0.05, 0) is 37.1 Å². The molecule has 0 aliphatic rings. The molecule has 0 atom stereocenters. The quantitative estimate of drug-likeness (QED) is 0.747. The van der Waals surface area contributed by atoms with E-state index in [1.54, 1.807) is 12.1 Å². The summed E-state index contributed by atoms with van der Waals surface area (Å²) in [5, 5.41) is 9.58. The van der Waals surface area contributed by atoms with Crippen LogP contribution < -0.4 is 10.6 Å². The smallest absolute Gasteiger partial charge is 0.407 e. The van der Waals surface area contributed by atoms with Gasteiger partial charge in [-0.25, -0.2) is 4.79 Å². The molecule has 0 saturated carbocycles. The van der Waals surface area contributed by atoms with Gasteiger partial charge in [-0.3, -0.25) is 4.79 Å². The Morgan fingerprint density at radius 3 is 2.75 bits per heavy atom. The lowest BCUT2D eigenvalue weighted by Crippen LogP contribution is -2.31. The number of benzene rings is 1. The minimum atomic E-state index is -0.624. The Balaban J connectivity index is 1.71. The normalized spacial score (nSPS) is 10.2. The van der Waals surface area contributed by atoms with Gasteiger partial charge in [0, 0.05) is 30.2 Å². The van der Waals surface area contributed by atoms with Crippen LogP contribution in [0.1, 0.15) is 12.1 Å². The number of ether oxygens (including phenoxy) is 1. The summed E-state index contributed by atoms with van der Waals surface area (Å²) in [7, 11) is 1.47. The highest BCUT2D eigenvalue weighted by molar-refractivity contribution is 6.30. The van der Waals surface area contributed by atoms with Gasteiger partial charge >= 0.3 is 6.09 Å². The Morgan fingerprint density at radius 1 is 1.29 bits per heavy atom. The zero-order valence-corrected chi connectivity index (χ0v) is 13.9. The van der Waals surface area contributed by atoms with Gasteiger partial charge in [0.05, 0.1) is 5.69 Å². The molecule has 2 amide bonds. The Labute approximate surface area is 144 Å². The van der Waals surface area contributed by atoms with Crippen molar-refractivity contribution in [2.75, 3.05) is 20.2 Å². The number of aromatic nitrogens is 1. The molecular weight excluding hydrogens is 334 g/mol. The van der Waals surface area contributed by atoms with Crippen molar-refractivity contribution < 1.29 is 18.8 Å². The predicted octanol–water partition coefficient (Wildman–Crippen LogP) is 2.40. The molecule has 8 heteroatoms. The van der Waals surface area contributed by atoms with E-state index in [0.29, 0.717) is 30.2 Å². The summed E-state index contributed by atoms with van der Waals surface area (Å²) in [5.74, 6) is 0.307. The molecule has 24 heavy (non-hydrogen) atoms. The second-order valence-corrected chi connectivity index (χ2v) is 5.41. The van der Waals surface area contributed by atoms with Crippen LogP contribution in [-0.4, -0.2) is 37.4 Å². The Bertz CT molecular complexity index is 685. The average molecular weight is 352 g/mol. The van der Waals surface area contributed by atoms with E-state index in [4.69, 9.17) is 20.9 Å². The highest BCUT2D eigenvalue weighted by Crippen LogP contribution is 2.22. The third-order valence-corrected chi connectivity index (χ3v) is 3.43. The van der Waals surface area contributed by atoms with E-state index in [0.717, 1.165) is 11.3 Å². The maximum Gasteiger partial charge on any atom is 0.407 e. The van der Waals surface area contributed by atoms with Crippen LogP contribution in [0.3, 0.4) is 0 Å². The molecular formula is C16H18ClN3O4. The molecule has 128 valence electrons. The van der Waals surface area contributed by atoms with Crippen molar-refractivity contribution in [2.45, 2.75) is 12.8 Å². The van der Waals surface area contributed by atoms with Crippen LogP contribution in [-0.2, 0) is 16.0 Å². The van der Waals surface area contributed by atoms with Crippen molar-refractivity contribution >= 4 is 23.6 Å². The first-order valence-corrected chi connectivity index (χ1v) is 7.79. The van der Waals surface area contributed by atoms with Crippen LogP contribution in [0.5, 0.6) is 0 Å². The van der Waals surface area contributed by atoms with E-state index < -0.39 is 6.09 Å². The van der Waals surface area contributed by atoms with Gasteiger partial charge in [-0.15, -0.1) is 0 Å². The molecule has 1 aromatic carbocycles. The number of nitrogens with one attached hydrogen (secondary N) is 2. The Kier molecular flexibility index (Phi) is 6.62. The molecule has 0 unspecified atom stereocenters. The van der Waals surface area contributed by atoms with Gasteiger partial charge in [-0.1, -0.05) is 16.8 Å². The van der Waals surface area contributed by atoms with Crippen LogP contribution in [0.15, 0.2) is 34.9 Å². The van der Waals surface area contributed by atoms with Crippen molar-refractivity contribution in [2.24, 2.45) is 0 Å². The van der Waals surface area contributed by atoms with Gasteiger partial charge in [0.1, 0.15) is 0 Å². The summed E-state index contributed by atoms with van der Waals surface area (Å²) in [6.07, 6.45) is 0.690. The minimum Gasteiger partial charge on any atom is -0.439 e. The monoisotopic (exact) mass is 351 g/mol. The van der Waals surface area contributed by atoms with E-state index in [9.17, 15) is 9.59 Å². The molecule has 0 spiro atoms. The molecule has 0 aliphatic heterocycles. The summed E-state index contributed by atoms with van der Waals surface area (Å²) in [4.78, 5) is 22.3. The van der Waals surface area contributed by atoms with Gasteiger partial charge in [-0.2, -0.15) is 0 Å². The number of hydrogen-bond donors (Lipinski definition) is 2. The first kappa shape index (κ1) is 17.8. The van der Waals surface area contributed by atoms with Gasteiger partial charge in [0.2, 0.25) is 0 Å². The summed E-state index contributed by atoms with van der Waals surface area (Å²) < 4.78 is 10.0. The molecule has 1 aromatic heterocycles. The number of hydrogen-bond acceptors (Lipinski definition) is 5. The van der Waals surface area contributed by atoms with E-state index in [1.165, 1.54) is 7.05 Å².